The van der Waals surface area contributed by atoms with Gasteiger partial charge in [0.15, 0.2) is 9.34 Å². The fourth-order valence-electron chi connectivity index (χ4n) is 4.72. The maximum atomic E-state index is 13.2. The number of sulfonamides is 1. The normalized spacial score (nSPS) is 15.5. The van der Waals surface area contributed by atoms with Crippen molar-refractivity contribution < 1.29 is 12.8 Å². The zero-order valence-corrected chi connectivity index (χ0v) is 23.8. The molecule has 0 saturated carbocycles. The van der Waals surface area contributed by atoms with E-state index in [1.807, 2.05) is 37.4 Å². The SMILES string of the molecule is CCN1CCN(c2ncc(S(=O)(=O)NC(C)c3ccc(-c4cncn4CCc4ccc(F)cc4)cc3)s2)CC1. The minimum absolute atomic E-state index is 0.226. The standard InChI is InChI=1S/C28H33FN6O2S2/c1-3-33-14-16-34(17-15-33)28-31-19-27(38-28)39(36,37)32-21(2)23-6-8-24(9-7-23)26-18-30-20-35(26)13-12-22-4-10-25(29)11-5-22/h4-11,18-21,32H,3,12-17H2,1-2H3. The number of aryl methyl sites for hydroxylation is 2. The highest BCUT2D eigenvalue weighted by Crippen LogP contribution is 2.29. The molecule has 1 fully saturated rings. The van der Waals surface area contributed by atoms with Gasteiger partial charge in [0, 0.05) is 38.8 Å². The van der Waals surface area contributed by atoms with Gasteiger partial charge in [-0.05, 0) is 48.7 Å². The minimum Gasteiger partial charge on any atom is -0.345 e. The summed E-state index contributed by atoms with van der Waals surface area (Å²) in [6, 6.07) is 14.0. The maximum absolute atomic E-state index is 13.2. The molecule has 206 valence electrons. The second-order valence-electron chi connectivity index (χ2n) is 9.70. The van der Waals surface area contributed by atoms with E-state index in [0.29, 0.717) is 6.54 Å². The fraction of sp³-hybridized carbons (Fsp3) is 0.357. The Morgan fingerprint density at radius 2 is 1.74 bits per heavy atom. The van der Waals surface area contributed by atoms with Gasteiger partial charge in [-0.3, -0.25) is 0 Å². The molecule has 1 unspecified atom stereocenters. The lowest BCUT2D eigenvalue weighted by Crippen LogP contribution is -2.46. The zero-order valence-electron chi connectivity index (χ0n) is 22.1. The van der Waals surface area contributed by atoms with Crippen LogP contribution in [0.1, 0.15) is 31.0 Å². The molecule has 5 rings (SSSR count). The molecular formula is C28H33FN6O2S2. The summed E-state index contributed by atoms with van der Waals surface area (Å²) in [5, 5.41) is 0.749. The predicted molar refractivity (Wildman–Crippen MR) is 153 cm³/mol. The Morgan fingerprint density at radius 1 is 1.03 bits per heavy atom. The third kappa shape index (κ3) is 6.55. The Labute approximate surface area is 233 Å². The van der Waals surface area contributed by atoms with Crippen LogP contribution in [0.2, 0.25) is 0 Å². The number of likely N-dealkylation sites (N-methyl/N-ethyl adjacent to an activating group) is 1. The maximum Gasteiger partial charge on any atom is 0.252 e. The first-order chi connectivity index (χ1) is 18.8. The first-order valence-electron chi connectivity index (χ1n) is 13.1. The molecule has 0 spiro atoms. The van der Waals surface area contributed by atoms with Crippen LogP contribution in [-0.2, 0) is 23.0 Å². The molecule has 2 aromatic carbocycles. The smallest absolute Gasteiger partial charge is 0.252 e. The Bertz CT molecular complexity index is 1480. The summed E-state index contributed by atoms with van der Waals surface area (Å²) in [4.78, 5) is 13.2. The highest BCUT2D eigenvalue weighted by Gasteiger charge is 2.24. The number of imidazole rings is 1. The van der Waals surface area contributed by atoms with E-state index in [4.69, 9.17) is 0 Å². The van der Waals surface area contributed by atoms with Crippen molar-refractivity contribution in [3.8, 4) is 11.3 Å². The Kier molecular flexibility index (Phi) is 8.41. The van der Waals surface area contributed by atoms with E-state index < -0.39 is 16.1 Å². The first kappa shape index (κ1) is 27.4. The summed E-state index contributed by atoms with van der Waals surface area (Å²) in [6.07, 6.45) is 5.82. The summed E-state index contributed by atoms with van der Waals surface area (Å²) >= 11 is 1.22. The second kappa shape index (κ2) is 12.0. The number of halogens is 1. The number of piperazine rings is 1. The van der Waals surface area contributed by atoms with Crippen LogP contribution in [0.5, 0.6) is 0 Å². The Hall–Kier alpha value is -3.12. The van der Waals surface area contributed by atoms with Crippen LogP contribution >= 0.6 is 11.3 Å². The van der Waals surface area contributed by atoms with Crippen molar-refractivity contribution in [3.63, 3.8) is 0 Å². The van der Waals surface area contributed by atoms with Gasteiger partial charge >= 0.3 is 0 Å². The fourth-order valence-corrected chi connectivity index (χ4v) is 7.14. The molecule has 4 aromatic rings. The zero-order chi connectivity index (χ0) is 27.4. The van der Waals surface area contributed by atoms with Gasteiger partial charge < -0.3 is 14.4 Å². The van der Waals surface area contributed by atoms with Crippen LogP contribution in [0.3, 0.4) is 0 Å². The monoisotopic (exact) mass is 568 g/mol. The average Bonchev–Trinajstić information content (AvgIpc) is 3.64. The predicted octanol–water partition coefficient (Wildman–Crippen LogP) is 4.57. The Morgan fingerprint density at radius 3 is 2.44 bits per heavy atom. The van der Waals surface area contributed by atoms with Gasteiger partial charge in [0.2, 0.25) is 0 Å². The molecule has 1 aliphatic rings. The number of hydrogen-bond donors (Lipinski definition) is 1. The molecule has 0 aliphatic carbocycles. The van der Waals surface area contributed by atoms with E-state index in [2.05, 4.69) is 36.0 Å². The number of aromatic nitrogens is 3. The lowest BCUT2D eigenvalue weighted by atomic mass is 10.1. The van der Waals surface area contributed by atoms with Crippen LogP contribution in [0.25, 0.3) is 11.3 Å². The molecule has 1 atom stereocenters. The molecule has 8 nitrogen and oxygen atoms in total. The van der Waals surface area contributed by atoms with Gasteiger partial charge in [-0.25, -0.2) is 27.5 Å². The van der Waals surface area contributed by atoms with Crippen LogP contribution in [0.4, 0.5) is 9.52 Å². The van der Waals surface area contributed by atoms with Crippen molar-refractivity contribution in [2.45, 2.75) is 37.1 Å². The number of rotatable bonds is 10. The van der Waals surface area contributed by atoms with Crippen molar-refractivity contribution >= 4 is 26.5 Å². The number of thiazole rings is 1. The van der Waals surface area contributed by atoms with Gasteiger partial charge in [0.05, 0.1) is 24.4 Å². The van der Waals surface area contributed by atoms with Crippen molar-refractivity contribution in [2.75, 3.05) is 37.6 Å². The lowest BCUT2D eigenvalue weighted by molar-refractivity contribution is 0.271. The summed E-state index contributed by atoms with van der Waals surface area (Å²) in [6.45, 7) is 9.34. The van der Waals surface area contributed by atoms with Crippen LogP contribution < -0.4 is 9.62 Å². The molecular weight excluding hydrogens is 535 g/mol. The minimum atomic E-state index is -3.71. The molecule has 0 radical (unpaired) electrons. The summed E-state index contributed by atoms with van der Waals surface area (Å²) in [5.41, 5.74) is 3.87. The number of benzene rings is 2. The Balaban J connectivity index is 1.21. The highest BCUT2D eigenvalue weighted by molar-refractivity contribution is 7.91. The van der Waals surface area contributed by atoms with Crippen molar-refractivity contribution in [2.24, 2.45) is 0 Å². The molecule has 2 aromatic heterocycles. The van der Waals surface area contributed by atoms with Gasteiger partial charge in [0.25, 0.3) is 10.0 Å². The number of nitrogens with one attached hydrogen (secondary N) is 1. The third-order valence-electron chi connectivity index (χ3n) is 7.13. The van der Waals surface area contributed by atoms with E-state index in [-0.39, 0.29) is 10.0 Å². The quantitative estimate of drug-likeness (QED) is 0.302. The average molecular weight is 569 g/mol. The summed E-state index contributed by atoms with van der Waals surface area (Å²) < 4.78 is 44.5. The molecule has 0 amide bonds. The van der Waals surface area contributed by atoms with E-state index >= 15 is 0 Å². The van der Waals surface area contributed by atoms with Crippen LogP contribution in [0.15, 0.2) is 71.5 Å². The van der Waals surface area contributed by atoms with Gasteiger partial charge in [0.1, 0.15) is 5.82 Å². The van der Waals surface area contributed by atoms with Gasteiger partial charge in [-0.2, -0.15) is 0 Å². The van der Waals surface area contributed by atoms with Crippen molar-refractivity contribution in [3.05, 3.63) is 84.2 Å². The molecule has 1 N–H and O–H groups in total. The van der Waals surface area contributed by atoms with E-state index in [1.165, 1.54) is 29.7 Å². The van der Waals surface area contributed by atoms with Crippen LogP contribution in [0, 0.1) is 5.82 Å². The van der Waals surface area contributed by atoms with Crippen molar-refractivity contribution in [1.82, 2.24) is 24.2 Å². The van der Waals surface area contributed by atoms with E-state index in [1.54, 1.807) is 18.5 Å². The summed E-state index contributed by atoms with van der Waals surface area (Å²) in [5.74, 6) is -0.239. The number of anilines is 1. The molecule has 11 heteroatoms. The largest absolute Gasteiger partial charge is 0.345 e. The second-order valence-corrected chi connectivity index (χ2v) is 12.6. The van der Waals surface area contributed by atoms with Gasteiger partial charge in [-0.1, -0.05) is 54.7 Å². The number of hydrogen-bond acceptors (Lipinski definition) is 7. The van der Waals surface area contributed by atoms with Crippen molar-refractivity contribution in [1.29, 1.82) is 0 Å². The molecule has 3 heterocycles. The van der Waals surface area contributed by atoms with Crippen LogP contribution in [-0.4, -0.2) is 60.6 Å². The van der Waals surface area contributed by atoms with E-state index in [0.717, 1.165) is 66.7 Å². The molecule has 0 bridgehead atoms. The topological polar surface area (TPSA) is 83.4 Å². The number of nitrogens with zero attached hydrogens (tertiary/aromatic N) is 5. The lowest BCUT2D eigenvalue weighted by Gasteiger charge is -2.33. The summed E-state index contributed by atoms with van der Waals surface area (Å²) in [7, 11) is -3.71. The molecule has 39 heavy (non-hydrogen) atoms. The van der Waals surface area contributed by atoms with E-state index in [9.17, 15) is 12.8 Å². The molecule has 1 saturated heterocycles. The first-order valence-corrected chi connectivity index (χ1v) is 15.4. The highest BCUT2D eigenvalue weighted by atomic mass is 32.2. The molecule has 1 aliphatic heterocycles. The van der Waals surface area contributed by atoms with Gasteiger partial charge in [-0.15, -0.1) is 0 Å². The third-order valence-corrected chi connectivity index (χ3v) is 10.2.